The van der Waals surface area contributed by atoms with Crippen LogP contribution < -0.4 is 5.32 Å². The Bertz CT molecular complexity index is 682. The number of fused-ring (bicyclic) bond motifs is 1. The van der Waals surface area contributed by atoms with E-state index in [1.807, 2.05) is 30.3 Å². The third-order valence-electron chi connectivity index (χ3n) is 4.79. The Labute approximate surface area is 152 Å². The van der Waals surface area contributed by atoms with Crippen LogP contribution in [0.4, 0.5) is 0 Å². The molecule has 0 fully saturated rings. The third-order valence-corrected chi connectivity index (χ3v) is 4.79. The van der Waals surface area contributed by atoms with E-state index in [1.54, 1.807) is 6.26 Å². The van der Waals surface area contributed by atoms with E-state index in [4.69, 9.17) is 4.74 Å². The predicted octanol–water partition coefficient (Wildman–Crippen LogP) is 0.102. The molecule has 2 heterocycles. The summed E-state index contributed by atoms with van der Waals surface area (Å²) in [6.45, 7) is 1.12. The third kappa shape index (κ3) is 4.23. The van der Waals surface area contributed by atoms with E-state index in [0.717, 1.165) is 12.0 Å². The van der Waals surface area contributed by atoms with Gasteiger partial charge in [0.25, 0.3) is 11.8 Å². The van der Waals surface area contributed by atoms with Gasteiger partial charge >= 0.3 is 0 Å². The van der Waals surface area contributed by atoms with Crippen molar-refractivity contribution in [2.45, 2.75) is 44.1 Å². The van der Waals surface area contributed by atoms with Gasteiger partial charge in [0.15, 0.2) is 12.2 Å². The van der Waals surface area contributed by atoms with Crippen LogP contribution in [0.5, 0.6) is 0 Å². The molecular weight excluding hydrogens is 336 g/mol. The van der Waals surface area contributed by atoms with Crippen molar-refractivity contribution in [1.82, 2.24) is 10.2 Å². The minimum absolute atomic E-state index is 0.0208. The van der Waals surface area contributed by atoms with Gasteiger partial charge in [-0.1, -0.05) is 24.3 Å². The van der Waals surface area contributed by atoms with Gasteiger partial charge in [0.05, 0.1) is 6.26 Å². The summed E-state index contributed by atoms with van der Waals surface area (Å²) in [7, 11) is 0. The number of nitrogens with one attached hydrogen (secondary N) is 1. The van der Waals surface area contributed by atoms with Crippen molar-refractivity contribution in [3.63, 3.8) is 0 Å². The van der Waals surface area contributed by atoms with Crippen LogP contribution in [0.2, 0.25) is 0 Å². The second-order valence-electron chi connectivity index (χ2n) is 6.61. The zero-order valence-corrected chi connectivity index (χ0v) is 14.5. The van der Waals surface area contributed by atoms with E-state index >= 15 is 0 Å². The molecule has 0 spiro atoms. The molecule has 7 heteroatoms. The highest BCUT2D eigenvalue weighted by molar-refractivity contribution is 5.90. The van der Waals surface area contributed by atoms with Gasteiger partial charge in [-0.2, -0.15) is 0 Å². The Hall–Kier alpha value is -2.38. The average Bonchev–Trinajstić information content (AvgIpc) is 3.19. The first kappa shape index (κ1) is 18.4. The van der Waals surface area contributed by atoms with Gasteiger partial charge in [0.2, 0.25) is 0 Å². The molecule has 0 aromatic heterocycles. The first-order valence-corrected chi connectivity index (χ1v) is 8.86. The van der Waals surface area contributed by atoms with Crippen LogP contribution in [0.25, 0.3) is 0 Å². The van der Waals surface area contributed by atoms with Crippen molar-refractivity contribution in [1.29, 1.82) is 0 Å². The maximum absolute atomic E-state index is 12.4. The second-order valence-corrected chi connectivity index (χ2v) is 6.61. The van der Waals surface area contributed by atoms with E-state index in [-0.39, 0.29) is 6.10 Å². The van der Waals surface area contributed by atoms with E-state index in [2.05, 4.69) is 5.32 Å². The van der Waals surface area contributed by atoms with E-state index in [0.29, 0.717) is 32.5 Å². The van der Waals surface area contributed by atoms with Gasteiger partial charge < -0.3 is 25.2 Å². The summed E-state index contributed by atoms with van der Waals surface area (Å²) >= 11 is 0. The van der Waals surface area contributed by atoms with Crippen molar-refractivity contribution in [2.75, 3.05) is 13.1 Å². The highest BCUT2D eigenvalue weighted by atomic mass is 16.5. The van der Waals surface area contributed by atoms with Crippen molar-refractivity contribution in [3.05, 3.63) is 47.7 Å². The summed E-state index contributed by atoms with van der Waals surface area (Å²) in [5, 5.41) is 22.7. The van der Waals surface area contributed by atoms with Crippen LogP contribution >= 0.6 is 0 Å². The molecule has 2 amide bonds. The SMILES string of the molecule is O=C(NCCC1CC=CO1)[C@H](O)[C@@H](O)C(=O)N1CCc2ccccc2C1. The lowest BCUT2D eigenvalue weighted by molar-refractivity contribution is -0.153. The van der Waals surface area contributed by atoms with Gasteiger partial charge in [-0.15, -0.1) is 0 Å². The summed E-state index contributed by atoms with van der Waals surface area (Å²) in [5.74, 6) is -1.39. The highest BCUT2D eigenvalue weighted by Gasteiger charge is 2.34. The summed E-state index contributed by atoms with van der Waals surface area (Å²) in [6.07, 6.45) is 2.06. The van der Waals surface area contributed by atoms with Gasteiger partial charge in [0, 0.05) is 32.5 Å². The molecular formula is C19H24N2O5. The molecule has 1 unspecified atom stereocenters. The molecule has 0 bridgehead atoms. The maximum Gasteiger partial charge on any atom is 0.255 e. The number of carbonyl (C=O) groups is 2. The van der Waals surface area contributed by atoms with Crippen molar-refractivity contribution < 1.29 is 24.5 Å². The molecule has 26 heavy (non-hydrogen) atoms. The highest BCUT2D eigenvalue weighted by Crippen LogP contribution is 2.19. The fourth-order valence-corrected chi connectivity index (χ4v) is 3.23. The van der Waals surface area contributed by atoms with Gasteiger partial charge in [-0.3, -0.25) is 9.59 Å². The van der Waals surface area contributed by atoms with Crippen LogP contribution in [0.15, 0.2) is 36.6 Å². The molecule has 0 saturated heterocycles. The molecule has 0 radical (unpaired) electrons. The Balaban J connectivity index is 1.48. The molecule has 2 aliphatic heterocycles. The molecule has 0 saturated carbocycles. The topological polar surface area (TPSA) is 99.1 Å². The average molecular weight is 360 g/mol. The lowest BCUT2D eigenvalue weighted by Gasteiger charge is -2.31. The molecule has 3 N–H and O–H groups in total. The molecule has 140 valence electrons. The minimum atomic E-state index is -1.79. The van der Waals surface area contributed by atoms with E-state index in [1.165, 1.54) is 10.5 Å². The number of ether oxygens (including phenoxy) is 1. The first-order chi connectivity index (χ1) is 12.6. The summed E-state index contributed by atoms with van der Waals surface area (Å²) in [4.78, 5) is 25.9. The van der Waals surface area contributed by atoms with Crippen LogP contribution in [0.3, 0.4) is 0 Å². The lowest BCUT2D eigenvalue weighted by Crippen LogP contribution is -2.51. The Morgan fingerprint density at radius 3 is 2.73 bits per heavy atom. The fourth-order valence-electron chi connectivity index (χ4n) is 3.23. The number of nitrogens with zero attached hydrogens (tertiary/aromatic N) is 1. The van der Waals surface area contributed by atoms with Gasteiger partial charge in [-0.05, 0) is 23.6 Å². The van der Waals surface area contributed by atoms with Crippen molar-refractivity contribution in [3.8, 4) is 0 Å². The fraction of sp³-hybridized carbons (Fsp3) is 0.474. The zero-order valence-electron chi connectivity index (χ0n) is 14.5. The smallest absolute Gasteiger partial charge is 0.255 e. The molecule has 3 rings (SSSR count). The normalized spacial score (nSPS) is 20.8. The lowest BCUT2D eigenvalue weighted by atomic mass is 9.99. The van der Waals surface area contributed by atoms with E-state index in [9.17, 15) is 19.8 Å². The van der Waals surface area contributed by atoms with Crippen molar-refractivity contribution in [2.24, 2.45) is 0 Å². The Morgan fingerprint density at radius 2 is 2.00 bits per heavy atom. The van der Waals surface area contributed by atoms with Crippen LogP contribution in [0.1, 0.15) is 24.0 Å². The van der Waals surface area contributed by atoms with Gasteiger partial charge in [-0.25, -0.2) is 0 Å². The molecule has 2 aliphatic rings. The Morgan fingerprint density at radius 1 is 1.23 bits per heavy atom. The number of aliphatic hydroxyl groups is 2. The number of benzene rings is 1. The number of hydrogen-bond donors (Lipinski definition) is 3. The predicted molar refractivity (Wildman–Crippen MR) is 93.8 cm³/mol. The number of rotatable bonds is 6. The van der Waals surface area contributed by atoms with Crippen LogP contribution in [-0.4, -0.2) is 58.3 Å². The standard InChI is InChI=1S/C19H24N2O5/c22-16(18(24)20-9-7-15-6-3-11-26-15)17(23)19(25)21-10-8-13-4-1-2-5-14(13)12-21/h1-5,11,15-17,22-23H,6-10,12H2,(H,20,24)/t15?,16-,17-/m1/s1. The number of hydrogen-bond acceptors (Lipinski definition) is 5. The van der Waals surface area contributed by atoms with Gasteiger partial charge in [0.1, 0.15) is 6.10 Å². The number of aliphatic hydroxyl groups excluding tert-OH is 2. The minimum Gasteiger partial charge on any atom is -0.498 e. The second kappa shape index (κ2) is 8.33. The monoisotopic (exact) mass is 360 g/mol. The largest absolute Gasteiger partial charge is 0.498 e. The Kier molecular flexibility index (Phi) is 5.90. The quantitative estimate of drug-likeness (QED) is 0.668. The molecule has 3 atom stereocenters. The van der Waals surface area contributed by atoms with Crippen LogP contribution in [-0.2, 0) is 27.3 Å². The maximum atomic E-state index is 12.4. The molecule has 0 aliphatic carbocycles. The van der Waals surface area contributed by atoms with Crippen LogP contribution in [0, 0.1) is 0 Å². The molecule has 7 nitrogen and oxygen atoms in total. The summed E-state index contributed by atoms with van der Waals surface area (Å²) < 4.78 is 5.28. The van der Waals surface area contributed by atoms with Crippen molar-refractivity contribution >= 4 is 11.8 Å². The molecule has 1 aromatic rings. The number of carbonyl (C=O) groups excluding carboxylic acids is 2. The number of amides is 2. The summed E-state index contributed by atoms with van der Waals surface area (Å²) in [6, 6.07) is 7.80. The zero-order chi connectivity index (χ0) is 18.5. The summed E-state index contributed by atoms with van der Waals surface area (Å²) in [5.41, 5.74) is 2.19. The molecule has 1 aromatic carbocycles. The van der Waals surface area contributed by atoms with E-state index < -0.39 is 24.0 Å². The first-order valence-electron chi connectivity index (χ1n) is 8.86.